The third-order valence-corrected chi connectivity index (χ3v) is 7.99. The average molecular weight is 463 g/mol. The number of rotatable bonds is 4. The quantitative estimate of drug-likeness (QED) is 0.350. The third kappa shape index (κ3) is 3.31. The topological polar surface area (TPSA) is 51.8 Å². The van der Waals surface area contributed by atoms with E-state index in [1.54, 1.807) is 0 Å². The van der Waals surface area contributed by atoms with Gasteiger partial charge in [-0.3, -0.25) is 14.6 Å². The molecule has 2 aromatic carbocycles. The lowest BCUT2D eigenvalue weighted by atomic mass is 9.82. The molecule has 0 bridgehead atoms. The molecule has 7 rings (SSSR count). The predicted molar refractivity (Wildman–Crippen MR) is 139 cm³/mol. The maximum atomic E-state index is 5.02. The summed E-state index contributed by atoms with van der Waals surface area (Å²) in [5.74, 6) is 1.17. The SMILES string of the molecule is CC(C)n1c(CN2CCC3(CCn4nc(-c5cnc6ccccc6c5)cc43)C2)nc2ccccc21. The average Bonchev–Trinajstić information content (AvgIpc) is 3.63. The Morgan fingerprint density at radius 1 is 0.943 bits per heavy atom. The van der Waals surface area contributed by atoms with Gasteiger partial charge < -0.3 is 4.57 Å². The number of aromatic nitrogens is 5. The summed E-state index contributed by atoms with van der Waals surface area (Å²) in [7, 11) is 0. The summed E-state index contributed by atoms with van der Waals surface area (Å²) in [4.78, 5) is 12.3. The van der Waals surface area contributed by atoms with Crippen molar-refractivity contribution >= 4 is 21.9 Å². The number of aryl methyl sites for hydroxylation is 1. The van der Waals surface area contributed by atoms with Gasteiger partial charge >= 0.3 is 0 Å². The van der Waals surface area contributed by atoms with Gasteiger partial charge in [0.2, 0.25) is 0 Å². The number of benzene rings is 2. The van der Waals surface area contributed by atoms with Crippen molar-refractivity contribution in [2.75, 3.05) is 13.1 Å². The van der Waals surface area contributed by atoms with Crippen molar-refractivity contribution < 1.29 is 0 Å². The number of likely N-dealkylation sites (tertiary alicyclic amines) is 1. The van der Waals surface area contributed by atoms with Crippen LogP contribution < -0.4 is 0 Å². The lowest BCUT2D eigenvalue weighted by Crippen LogP contribution is -2.29. The highest BCUT2D eigenvalue weighted by Crippen LogP contribution is 2.44. The smallest absolute Gasteiger partial charge is 0.124 e. The second-order valence-corrected chi connectivity index (χ2v) is 10.5. The van der Waals surface area contributed by atoms with E-state index >= 15 is 0 Å². The number of hydrogen-bond donors (Lipinski definition) is 0. The van der Waals surface area contributed by atoms with Crippen LogP contribution in [0.15, 0.2) is 66.9 Å². The number of nitrogens with zero attached hydrogens (tertiary/aromatic N) is 6. The van der Waals surface area contributed by atoms with Gasteiger partial charge in [-0.05, 0) is 63.6 Å². The van der Waals surface area contributed by atoms with Gasteiger partial charge in [0.1, 0.15) is 5.82 Å². The van der Waals surface area contributed by atoms with Crippen LogP contribution in [0.4, 0.5) is 0 Å². The van der Waals surface area contributed by atoms with E-state index in [4.69, 9.17) is 10.1 Å². The molecule has 0 N–H and O–H groups in total. The van der Waals surface area contributed by atoms with Crippen LogP contribution in [0, 0.1) is 0 Å². The molecule has 0 saturated carbocycles. The van der Waals surface area contributed by atoms with Crippen LogP contribution in [0.3, 0.4) is 0 Å². The molecule has 0 amide bonds. The largest absolute Gasteiger partial charge is 0.324 e. The van der Waals surface area contributed by atoms with Gasteiger partial charge in [0.15, 0.2) is 0 Å². The first kappa shape index (κ1) is 20.8. The van der Waals surface area contributed by atoms with Gasteiger partial charge in [-0.25, -0.2) is 4.98 Å². The number of imidazole rings is 1. The first-order valence-electron chi connectivity index (χ1n) is 12.7. The summed E-state index contributed by atoms with van der Waals surface area (Å²) in [6.45, 7) is 8.55. The lowest BCUT2D eigenvalue weighted by Gasteiger charge is -2.24. The molecule has 6 nitrogen and oxygen atoms in total. The zero-order valence-electron chi connectivity index (χ0n) is 20.4. The highest BCUT2D eigenvalue weighted by atomic mass is 15.3. The van der Waals surface area contributed by atoms with Crippen molar-refractivity contribution in [2.24, 2.45) is 0 Å². The van der Waals surface area contributed by atoms with E-state index in [1.165, 1.54) is 29.9 Å². The zero-order valence-corrected chi connectivity index (χ0v) is 20.4. The van der Waals surface area contributed by atoms with Crippen molar-refractivity contribution in [1.82, 2.24) is 29.2 Å². The first-order chi connectivity index (χ1) is 17.1. The minimum Gasteiger partial charge on any atom is -0.324 e. The van der Waals surface area contributed by atoms with Gasteiger partial charge in [0.05, 0.1) is 28.8 Å². The third-order valence-electron chi connectivity index (χ3n) is 7.99. The van der Waals surface area contributed by atoms with Crippen LogP contribution in [0.1, 0.15) is 44.2 Å². The van der Waals surface area contributed by atoms with Crippen LogP contribution >= 0.6 is 0 Å². The summed E-state index contributed by atoms with van der Waals surface area (Å²) >= 11 is 0. The summed E-state index contributed by atoms with van der Waals surface area (Å²) in [5, 5.41) is 6.16. The molecule has 1 spiro atoms. The maximum Gasteiger partial charge on any atom is 0.124 e. The number of fused-ring (bicyclic) bond motifs is 4. The van der Waals surface area contributed by atoms with Crippen LogP contribution in [-0.4, -0.2) is 42.3 Å². The van der Waals surface area contributed by atoms with Crippen molar-refractivity contribution in [2.45, 2.75) is 51.2 Å². The van der Waals surface area contributed by atoms with Crippen LogP contribution in [0.25, 0.3) is 33.2 Å². The second kappa shape index (κ2) is 7.75. The first-order valence-corrected chi connectivity index (χ1v) is 12.7. The van der Waals surface area contributed by atoms with Crippen LogP contribution in [-0.2, 0) is 18.5 Å². The van der Waals surface area contributed by atoms with Crippen LogP contribution in [0.5, 0.6) is 0 Å². The molecule has 176 valence electrons. The molecular weight excluding hydrogens is 432 g/mol. The molecule has 1 atom stereocenters. The molecule has 3 aromatic heterocycles. The summed E-state index contributed by atoms with van der Waals surface area (Å²) in [6, 6.07) is 21.7. The van der Waals surface area contributed by atoms with E-state index in [0.717, 1.165) is 53.9 Å². The maximum absolute atomic E-state index is 5.02. The van der Waals surface area contributed by atoms with Crippen molar-refractivity contribution in [3.05, 3.63) is 78.4 Å². The van der Waals surface area contributed by atoms with Crippen molar-refractivity contribution in [3.63, 3.8) is 0 Å². The molecule has 2 aliphatic rings. The minimum absolute atomic E-state index is 0.185. The van der Waals surface area contributed by atoms with Gasteiger partial charge in [0, 0.05) is 47.4 Å². The highest BCUT2D eigenvalue weighted by molar-refractivity contribution is 5.82. The molecule has 35 heavy (non-hydrogen) atoms. The van der Waals surface area contributed by atoms with Crippen LogP contribution in [0.2, 0.25) is 0 Å². The highest BCUT2D eigenvalue weighted by Gasteiger charge is 2.45. The van der Waals surface area contributed by atoms with E-state index in [-0.39, 0.29) is 5.41 Å². The van der Waals surface area contributed by atoms with E-state index in [9.17, 15) is 0 Å². The fourth-order valence-electron chi connectivity index (χ4n) is 6.30. The summed E-state index contributed by atoms with van der Waals surface area (Å²) in [6.07, 6.45) is 4.31. The molecular formula is C29H30N6. The van der Waals surface area contributed by atoms with Gasteiger partial charge in [-0.15, -0.1) is 0 Å². The van der Waals surface area contributed by atoms with E-state index in [2.05, 4.69) is 87.6 Å². The number of para-hydroxylation sites is 3. The second-order valence-electron chi connectivity index (χ2n) is 10.5. The Labute approximate surface area is 205 Å². The van der Waals surface area contributed by atoms with E-state index in [1.807, 2.05) is 12.3 Å². The summed E-state index contributed by atoms with van der Waals surface area (Å²) < 4.78 is 4.65. The summed E-state index contributed by atoms with van der Waals surface area (Å²) in [5.41, 5.74) is 7.07. The fourth-order valence-corrected chi connectivity index (χ4v) is 6.30. The predicted octanol–water partition coefficient (Wildman–Crippen LogP) is 5.58. The van der Waals surface area contributed by atoms with Gasteiger partial charge in [-0.2, -0.15) is 5.10 Å². The van der Waals surface area contributed by atoms with Crippen molar-refractivity contribution in [1.29, 1.82) is 0 Å². The molecule has 1 fully saturated rings. The lowest BCUT2D eigenvalue weighted by molar-refractivity contribution is 0.289. The molecule has 6 heteroatoms. The molecule has 2 aliphatic heterocycles. The molecule has 5 heterocycles. The molecule has 0 radical (unpaired) electrons. The Morgan fingerprint density at radius 2 is 1.74 bits per heavy atom. The number of pyridine rings is 1. The minimum atomic E-state index is 0.185. The Balaban J connectivity index is 1.17. The number of hydrogen-bond acceptors (Lipinski definition) is 4. The van der Waals surface area contributed by atoms with E-state index in [0.29, 0.717) is 6.04 Å². The Bertz CT molecular complexity index is 1560. The molecule has 5 aromatic rings. The fraction of sp³-hybridized carbons (Fsp3) is 0.345. The van der Waals surface area contributed by atoms with Gasteiger partial charge in [0.25, 0.3) is 0 Å². The Hall–Kier alpha value is -3.51. The zero-order chi connectivity index (χ0) is 23.6. The standard InChI is InChI=1S/C29H30N6/c1-20(2)35-26-10-6-5-9-24(26)31-28(35)18-33-13-11-29(19-33)12-14-34-27(29)16-25(32-34)22-15-21-7-3-4-8-23(21)30-17-22/h3-10,15-17,20H,11-14,18-19H2,1-2H3. The molecule has 1 unspecified atom stereocenters. The monoisotopic (exact) mass is 462 g/mol. The Morgan fingerprint density at radius 3 is 2.63 bits per heavy atom. The Kier molecular flexibility index (Phi) is 4.61. The normalized spacial score (nSPS) is 20.1. The molecule has 1 saturated heterocycles. The van der Waals surface area contributed by atoms with Crippen molar-refractivity contribution in [3.8, 4) is 11.3 Å². The van der Waals surface area contributed by atoms with E-state index < -0.39 is 0 Å². The molecule has 0 aliphatic carbocycles. The van der Waals surface area contributed by atoms with Gasteiger partial charge in [-0.1, -0.05) is 30.3 Å².